The van der Waals surface area contributed by atoms with E-state index in [0.717, 1.165) is 12.8 Å². The predicted octanol–water partition coefficient (Wildman–Crippen LogP) is 1.79. The van der Waals surface area contributed by atoms with Gasteiger partial charge in [-0.05, 0) is 38.1 Å². The lowest BCUT2D eigenvalue weighted by molar-refractivity contribution is 0.222. The Morgan fingerprint density at radius 2 is 1.88 bits per heavy atom. The zero-order valence-corrected chi connectivity index (χ0v) is 20.1. The molecule has 178 valence electrons. The van der Waals surface area contributed by atoms with Gasteiger partial charge in [-0.15, -0.1) is 0 Å². The zero-order valence-electron chi connectivity index (χ0n) is 19.2. The molecule has 4 rings (SSSR count). The minimum atomic E-state index is -3.71. The second-order valence-corrected chi connectivity index (χ2v) is 10.2. The van der Waals surface area contributed by atoms with E-state index < -0.39 is 10.0 Å². The Balaban J connectivity index is 1.88. The van der Waals surface area contributed by atoms with Crippen molar-refractivity contribution in [3.05, 3.63) is 40.6 Å². The maximum Gasteiger partial charge on any atom is 0.277 e. The van der Waals surface area contributed by atoms with Crippen LogP contribution in [0.2, 0.25) is 0 Å². The molecular weight excluding hydrogens is 444 g/mol. The number of aryl methyl sites for hydroxylation is 1. The fraction of sp³-hybridized carbons (Fsp3) is 0.500. The molecule has 3 heterocycles. The van der Waals surface area contributed by atoms with Gasteiger partial charge in [-0.2, -0.15) is 9.40 Å². The monoisotopic (exact) mass is 474 g/mol. The molecule has 1 aliphatic heterocycles. The van der Waals surface area contributed by atoms with E-state index in [9.17, 15) is 13.2 Å². The molecule has 0 bridgehead atoms. The molecule has 1 aliphatic rings. The number of sulfonamides is 1. The second-order valence-electron chi connectivity index (χ2n) is 8.22. The van der Waals surface area contributed by atoms with Crippen LogP contribution in [0.15, 0.2) is 34.2 Å². The molecule has 33 heavy (non-hydrogen) atoms. The van der Waals surface area contributed by atoms with Crippen molar-refractivity contribution >= 4 is 21.1 Å². The Bertz CT molecular complexity index is 1290. The Kier molecular flexibility index (Phi) is 6.82. The smallest absolute Gasteiger partial charge is 0.277 e. The fourth-order valence-electron chi connectivity index (χ4n) is 3.93. The SMILES string of the molecule is CCCOc1ccc(S(=O)(=O)N2CCN(C)CC2)cc1-n1nc(CCC)c2nc[nH]c(=O)c21. The number of aromatic nitrogens is 4. The first-order chi connectivity index (χ1) is 15.9. The van der Waals surface area contributed by atoms with Crippen LogP contribution in [0.1, 0.15) is 32.4 Å². The van der Waals surface area contributed by atoms with Gasteiger partial charge >= 0.3 is 0 Å². The number of ether oxygens (including phenoxy) is 1. The summed E-state index contributed by atoms with van der Waals surface area (Å²) in [6, 6.07) is 4.75. The van der Waals surface area contributed by atoms with Gasteiger partial charge in [-0.25, -0.2) is 18.1 Å². The van der Waals surface area contributed by atoms with Crippen LogP contribution < -0.4 is 10.3 Å². The number of aromatic amines is 1. The van der Waals surface area contributed by atoms with E-state index in [-0.39, 0.29) is 16.0 Å². The summed E-state index contributed by atoms with van der Waals surface area (Å²) in [5.74, 6) is 0.463. The maximum absolute atomic E-state index is 13.4. The summed E-state index contributed by atoms with van der Waals surface area (Å²) < 4.78 is 35.7. The first-order valence-corrected chi connectivity index (χ1v) is 12.7. The number of rotatable bonds is 8. The van der Waals surface area contributed by atoms with E-state index in [1.54, 1.807) is 18.2 Å². The lowest BCUT2D eigenvalue weighted by Gasteiger charge is -2.31. The summed E-state index contributed by atoms with van der Waals surface area (Å²) in [4.78, 5) is 21.9. The summed E-state index contributed by atoms with van der Waals surface area (Å²) in [5, 5.41) is 4.66. The van der Waals surface area contributed by atoms with E-state index in [4.69, 9.17) is 4.74 Å². The molecule has 0 amide bonds. The highest BCUT2D eigenvalue weighted by Crippen LogP contribution is 2.30. The number of fused-ring (bicyclic) bond motifs is 1. The summed E-state index contributed by atoms with van der Waals surface area (Å²) in [5.41, 5.74) is 1.53. The molecule has 11 heteroatoms. The summed E-state index contributed by atoms with van der Waals surface area (Å²) in [6.07, 6.45) is 3.62. The molecule has 0 aliphatic carbocycles. The van der Waals surface area contributed by atoms with Gasteiger partial charge in [-0.1, -0.05) is 20.3 Å². The number of piperazine rings is 1. The third-order valence-electron chi connectivity index (χ3n) is 5.74. The summed E-state index contributed by atoms with van der Waals surface area (Å²) in [6.45, 7) is 6.67. The van der Waals surface area contributed by atoms with E-state index in [2.05, 4.69) is 20.0 Å². The van der Waals surface area contributed by atoms with Gasteiger partial charge in [0.2, 0.25) is 10.0 Å². The van der Waals surface area contributed by atoms with Gasteiger partial charge in [0.1, 0.15) is 17.0 Å². The number of hydrogen-bond donors (Lipinski definition) is 1. The molecular formula is C22H30N6O4S. The topological polar surface area (TPSA) is 113 Å². The van der Waals surface area contributed by atoms with E-state index in [1.165, 1.54) is 15.3 Å². The zero-order chi connectivity index (χ0) is 23.6. The van der Waals surface area contributed by atoms with Crippen molar-refractivity contribution in [2.24, 2.45) is 0 Å². The molecule has 10 nitrogen and oxygen atoms in total. The van der Waals surface area contributed by atoms with Crippen LogP contribution in [0.4, 0.5) is 0 Å². The quantitative estimate of drug-likeness (QED) is 0.529. The van der Waals surface area contributed by atoms with Crippen LogP contribution in [0.3, 0.4) is 0 Å². The Labute approximate surface area is 193 Å². The van der Waals surface area contributed by atoms with E-state index >= 15 is 0 Å². The Morgan fingerprint density at radius 3 is 2.58 bits per heavy atom. The van der Waals surface area contributed by atoms with Gasteiger partial charge in [0.15, 0.2) is 5.52 Å². The molecule has 0 spiro atoms. The van der Waals surface area contributed by atoms with Crippen molar-refractivity contribution < 1.29 is 13.2 Å². The largest absolute Gasteiger partial charge is 0.491 e. The number of H-pyrrole nitrogens is 1. The fourth-order valence-corrected chi connectivity index (χ4v) is 5.38. The van der Waals surface area contributed by atoms with Gasteiger partial charge in [0.25, 0.3) is 5.56 Å². The van der Waals surface area contributed by atoms with Crippen LogP contribution in [0.5, 0.6) is 5.75 Å². The lowest BCUT2D eigenvalue weighted by Crippen LogP contribution is -2.47. The number of nitrogens with one attached hydrogen (secondary N) is 1. The highest BCUT2D eigenvalue weighted by atomic mass is 32.2. The summed E-state index contributed by atoms with van der Waals surface area (Å²) >= 11 is 0. The molecule has 1 saturated heterocycles. The van der Waals surface area contributed by atoms with Crippen molar-refractivity contribution in [1.82, 2.24) is 29.0 Å². The van der Waals surface area contributed by atoms with Crippen molar-refractivity contribution in [2.45, 2.75) is 38.0 Å². The molecule has 1 fully saturated rings. The molecule has 1 N–H and O–H groups in total. The van der Waals surface area contributed by atoms with E-state index in [1.807, 2.05) is 20.9 Å². The van der Waals surface area contributed by atoms with Crippen LogP contribution in [0, 0.1) is 0 Å². The normalized spacial score (nSPS) is 15.8. The highest BCUT2D eigenvalue weighted by Gasteiger charge is 2.29. The van der Waals surface area contributed by atoms with Crippen molar-refractivity contribution in [1.29, 1.82) is 0 Å². The van der Waals surface area contributed by atoms with Crippen LogP contribution >= 0.6 is 0 Å². The van der Waals surface area contributed by atoms with Gasteiger partial charge in [0, 0.05) is 26.2 Å². The first-order valence-electron chi connectivity index (χ1n) is 11.3. The van der Waals surface area contributed by atoms with Crippen LogP contribution in [-0.4, -0.2) is 77.2 Å². The standard InChI is InChI=1S/C22H30N6O4S/c1-4-6-17-20-21(22(29)24-15-23-20)28(25-17)18-14-16(7-8-19(18)32-13-5-2)33(30,31)27-11-9-26(3)10-12-27/h7-8,14-15H,4-6,9-13H2,1-3H3,(H,23,24,29). The first kappa shape index (κ1) is 23.4. The average molecular weight is 475 g/mol. The molecule has 3 aromatic rings. The van der Waals surface area contributed by atoms with Crippen molar-refractivity contribution in [2.75, 3.05) is 39.8 Å². The van der Waals surface area contributed by atoms with Crippen molar-refractivity contribution in [3.63, 3.8) is 0 Å². The number of benzene rings is 1. The minimum Gasteiger partial charge on any atom is -0.491 e. The Morgan fingerprint density at radius 1 is 1.12 bits per heavy atom. The van der Waals surface area contributed by atoms with Gasteiger partial charge in [-0.3, -0.25) is 4.79 Å². The maximum atomic E-state index is 13.4. The van der Waals surface area contributed by atoms with Crippen LogP contribution in [0.25, 0.3) is 16.7 Å². The molecule has 2 aromatic heterocycles. The van der Waals surface area contributed by atoms with Gasteiger partial charge < -0.3 is 14.6 Å². The molecule has 1 aromatic carbocycles. The molecule has 0 saturated carbocycles. The third kappa shape index (κ3) is 4.53. The molecule has 0 radical (unpaired) electrons. The second kappa shape index (κ2) is 9.62. The third-order valence-corrected chi connectivity index (χ3v) is 7.64. The molecule has 0 atom stereocenters. The predicted molar refractivity (Wildman–Crippen MR) is 126 cm³/mol. The Hall–Kier alpha value is -2.76. The molecule has 0 unspecified atom stereocenters. The van der Waals surface area contributed by atoms with E-state index in [0.29, 0.717) is 61.9 Å². The highest BCUT2D eigenvalue weighted by molar-refractivity contribution is 7.89. The minimum absolute atomic E-state index is 0.145. The van der Waals surface area contributed by atoms with Crippen LogP contribution in [-0.2, 0) is 16.4 Å². The van der Waals surface area contributed by atoms with Crippen molar-refractivity contribution in [3.8, 4) is 11.4 Å². The summed E-state index contributed by atoms with van der Waals surface area (Å²) in [7, 11) is -1.74. The van der Waals surface area contributed by atoms with Gasteiger partial charge in [0.05, 0.1) is 23.5 Å². The average Bonchev–Trinajstić information content (AvgIpc) is 3.18. The lowest BCUT2D eigenvalue weighted by atomic mass is 10.2. The number of nitrogens with zero attached hydrogens (tertiary/aromatic N) is 5. The number of likely N-dealkylation sites (N-methyl/N-ethyl adjacent to an activating group) is 1. The number of hydrogen-bond acceptors (Lipinski definition) is 7.